The van der Waals surface area contributed by atoms with Crippen LogP contribution < -0.4 is 5.43 Å². The normalized spacial score (nSPS) is 11.3. The minimum Gasteiger partial charge on any atom is -0.504 e. The van der Waals surface area contributed by atoms with Crippen molar-refractivity contribution in [2.75, 3.05) is 7.11 Å². The predicted molar refractivity (Wildman–Crippen MR) is 117 cm³/mol. The first-order chi connectivity index (χ1) is 14.7. The highest BCUT2D eigenvalue weighted by Gasteiger charge is 2.20. The van der Waals surface area contributed by atoms with E-state index in [1.165, 1.54) is 31.4 Å². The summed E-state index contributed by atoms with van der Waals surface area (Å²) < 4.78 is 6.23. The lowest BCUT2D eigenvalue weighted by Gasteiger charge is -2.06. The minimum absolute atomic E-state index is 0.00886. The van der Waals surface area contributed by atoms with E-state index in [0.717, 1.165) is 16.7 Å². The van der Waals surface area contributed by atoms with Gasteiger partial charge in [0.05, 0.1) is 18.4 Å². The van der Waals surface area contributed by atoms with E-state index in [2.05, 4.69) is 26.4 Å². The Hall–Kier alpha value is -3.94. The summed E-state index contributed by atoms with van der Waals surface area (Å²) in [5.74, 6) is -0.947. The van der Waals surface area contributed by atoms with Gasteiger partial charge in [0.15, 0.2) is 11.4 Å². The third kappa shape index (κ3) is 4.63. The molecule has 3 rings (SSSR count). The van der Waals surface area contributed by atoms with E-state index in [0.29, 0.717) is 22.5 Å². The Morgan fingerprint density at radius 2 is 1.65 bits per heavy atom. The van der Waals surface area contributed by atoms with Gasteiger partial charge < -0.3 is 9.84 Å². The SMILES string of the molecule is COC(=O)c1ccc(C(=O)NN=C(C)c2nn(C)c(-c3cc(C)cc(C)c3)c2O)cc1. The van der Waals surface area contributed by atoms with Gasteiger partial charge in [0.2, 0.25) is 0 Å². The standard InChI is InChI=1S/C23H24N4O4/c1-13-10-14(2)12-18(11-13)20-21(28)19(26-27(20)4)15(3)24-25-22(29)16-6-8-17(9-7-16)23(30)31-5/h6-12,28H,1-5H3,(H,25,29). The number of aromatic hydroxyl groups is 1. The number of amides is 1. The summed E-state index contributed by atoms with van der Waals surface area (Å²) in [6.07, 6.45) is 0. The van der Waals surface area contributed by atoms with Crippen LogP contribution in [0.5, 0.6) is 5.75 Å². The highest BCUT2D eigenvalue weighted by molar-refractivity contribution is 6.02. The Morgan fingerprint density at radius 3 is 2.23 bits per heavy atom. The molecule has 8 heteroatoms. The largest absolute Gasteiger partial charge is 0.504 e. The molecule has 0 saturated carbocycles. The molecule has 1 aromatic heterocycles. The number of aryl methyl sites for hydroxylation is 3. The maximum absolute atomic E-state index is 12.4. The van der Waals surface area contributed by atoms with Crippen LogP contribution in [0.4, 0.5) is 0 Å². The van der Waals surface area contributed by atoms with Crippen molar-refractivity contribution in [3.8, 4) is 17.0 Å². The molecule has 1 heterocycles. The van der Waals surface area contributed by atoms with Crippen molar-refractivity contribution in [3.05, 3.63) is 70.4 Å². The Labute approximate surface area is 180 Å². The number of aromatic nitrogens is 2. The van der Waals surface area contributed by atoms with E-state index in [4.69, 9.17) is 0 Å². The van der Waals surface area contributed by atoms with Gasteiger partial charge >= 0.3 is 5.97 Å². The summed E-state index contributed by atoms with van der Waals surface area (Å²) in [5.41, 5.74) is 7.31. The second-order valence-electron chi connectivity index (χ2n) is 7.25. The molecular weight excluding hydrogens is 396 g/mol. The first-order valence-corrected chi connectivity index (χ1v) is 9.59. The van der Waals surface area contributed by atoms with Crippen LogP contribution in [0.25, 0.3) is 11.3 Å². The zero-order valence-electron chi connectivity index (χ0n) is 18.1. The highest BCUT2D eigenvalue weighted by Crippen LogP contribution is 2.33. The van der Waals surface area contributed by atoms with Crippen molar-refractivity contribution in [1.82, 2.24) is 15.2 Å². The van der Waals surface area contributed by atoms with Crippen LogP contribution in [0.2, 0.25) is 0 Å². The molecular formula is C23H24N4O4. The van der Waals surface area contributed by atoms with Gasteiger partial charge in [-0.1, -0.05) is 17.2 Å². The summed E-state index contributed by atoms with van der Waals surface area (Å²) in [5, 5.41) is 19.2. The van der Waals surface area contributed by atoms with E-state index in [1.807, 2.05) is 26.0 Å². The topological polar surface area (TPSA) is 106 Å². The Balaban J connectivity index is 1.82. The smallest absolute Gasteiger partial charge is 0.337 e. The third-order valence-corrected chi connectivity index (χ3v) is 4.75. The molecule has 31 heavy (non-hydrogen) atoms. The van der Waals surface area contributed by atoms with Crippen molar-refractivity contribution in [2.45, 2.75) is 20.8 Å². The van der Waals surface area contributed by atoms with Crippen LogP contribution in [0.3, 0.4) is 0 Å². The number of hydrogen-bond acceptors (Lipinski definition) is 6. The molecule has 0 unspecified atom stereocenters. The van der Waals surface area contributed by atoms with Crippen molar-refractivity contribution in [3.63, 3.8) is 0 Å². The average molecular weight is 420 g/mol. The fraction of sp³-hybridized carbons (Fsp3) is 0.217. The van der Waals surface area contributed by atoms with Crippen LogP contribution in [0.1, 0.15) is 44.5 Å². The van der Waals surface area contributed by atoms with Gasteiger partial charge in [0.25, 0.3) is 5.91 Å². The van der Waals surface area contributed by atoms with Crippen LogP contribution >= 0.6 is 0 Å². The van der Waals surface area contributed by atoms with Gasteiger partial charge in [0.1, 0.15) is 5.69 Å². The number of rotatable bonds is 5. The number of ether oxygens (including phenoxy) is 1. The number of carbonyl (C=O) groups is 2. The van der Waals surface area contributed by atoms with Gasteiger partial charge in [-0.05, 0) is 57.2 Å². The molecule has 0 atom stereocenters. The number of nitrogens with zero attached hydrogens (tertiary/aromatic N) is 3. The summed E-state index contributed by atoms with van der Waals surface area (Å²) in [6.45, 7) is 5.63. The Kier molecular flexibility index (Phi) is 6.20. The zero-order valence-corrected chi connectivity index (χ0v) is 18.1. The van der Waals surface area contributed by atoms with Gasteiger partial charge in [-0.3, -0.25) is 9.48 Å². The van der Waals surface area contributed by atoms with E-state index >= 15 is 0 Å². The fourth-order valence-electron chi connectivity index (χ4n) is 3.32. The summed E-state index contributed by atoms with van der Waals surface area (Å²) in [7, 11) is 3.03. The molecule has 0 radical (unpaired) electrons. The summed E-state index contributed by atoms with van der Waals surface area (Å²) in [4.78, 5) is 23.9. The lowest BCUT2D eigenvalue weighted by atomic mass is 10.0. The number of benzene rings is 2. The minimum atomic E-state index is -0.481. The molecule has 0 saturated heterocycles. The second-order valence-corrected chi connectivity index (χ2v) is 7.25. The first-order valence-electron chi connectivity index (χ1n) is 9.59. The van der Waals surface area contributed by atoms with Gasteiger partial charge in [-0.15, -0.1) is 0 Å². The molecule has 2 N–H and O–H groups in total. The van der Waals surface area contributed by atoms with E-state index in [-0.39, 0.29) is 11.4 Å². The number of hydrazone groups is 1. The summed E-state index contributed by atoms with van der Waals surface area (Å²) in [6, 6.07) is 12.0. The monoisotopic (exact) mass is 420 g/mol. The molecule has 0 bridgehead atoms. The van der Waals surface area contributed by atoms with Crippen molar-refractivity contribution < 1.29 is 19.4 Å². The molecule has 2 aromatic carbocycles. The van der Waals surface area contributed by atoms with Gasteiger partial charge in [-0.25, -0.2) is 10.2 Å². The Bertz CT molecular complexity index is 1160. The van der Waals surface area contributed by atoms with Crippen LogP contribution in [-0.4, -0.2) is 39.6 Å². The molecule has 3 aromatic rings. The van der Waals surface area contributed by atoms with E-state index in [1.54, 1.807) is 18.7 Å². The number of nitrogens with one attached hydrogen (secondary N) is 1. The molecule has 0 spiro atoms. The molecule has 0 fully saturated rings. The van der Waals surface area contributed by atoms with Gasteiger partial charge in [-0.2, -0.15) is 10.2 Å². The van der Waals surface area contributed by atoms with Crippen LogP contribution in [0.15, 0.2) is 47.6 Å². The number of esters is 1. The van der Waals surface area contributed by atoms with Crippen LogP contribution in [0, 0.1) is 13.8 Å². The number of carbonyl (C=O) groups excluding carboxylic acids is 2. The first kappa shape index (κ1) is 21.8. The molecule has 0 aliphatic rings. The average Bonchev–Trinajstić information content (AvgIpc) is 3.04. The fourth-order valence-corrected chi connectivity index (χ4v) is 3.32. The number of methoxy groups -OCH3 is 1. The predicted octanol–water partition coefficient (Wildman–Crippen LogP) is 3.35. The van der Waals surface area contributed by atoms with Crippen molar-refractivity contribution in [2.24, 2.45) is 12.1 Å². The van der Waals surface area contributed by atoms with Crippen molar-refractivity contribution >= 4 is 17.6 Å². The molecule has 0 aliphatic heterocycles. The molecule has 1 amide bonds. The number of hydrogen-bond donors (Lipinski definition) is 2. The van der Waals surface area contributed by atoms with Gasteiger partial charge in [0, 0.05) is 18.2 Å². The van der Waals surface area contributed by atoms with E-state index < -0.39 is 11.9 Å². The molecule has 8 nitrogen and oxygen atoms in total. The second kappa shape index (κ2) is 8.83. The lowest BCUT2D eigenvalue weighted by Crippen LogP contribution is -2.19. The quantitative estimate of drug-likeness (QED) is 0.374. The van der Waals surface area contributed by atoms with E-state index in [9.17, 15) is 14.7 Å². The molecule has 0 aliphatic carbocycles. The Morgan fingerprint density at radius 1 is 1.06 bits per heavy atom. The maximum atomic E-state index is 12.4. The van der Waals surface area contributed by atoms with Crippen molar-refractivity contribution in [1.29, 1.82) is 0 Å². The van der Waals surface area contributed by atoms with Crippen LogP contribution in [-0.2, 0) is 11.8 Å². The summed E-state index contributed by atoms with van der Waals surface area (Å²) >= 11 is 0. The highest BCUT2D eigenvalue weighted by atomic mass is 16.5. The maximum Gasteiger partial charge on any atom is 0.337 e. The zero-order chi connectivity index (χ0) is 22.7. The lowest BCUT2D eigenvalue weighted by molar-refractivity contribution is 0.0600. The molecule has 160 valence electrons. The third-order valence-electron chi connectivity index (χ3n) is 4.75.